The van der Waals surface area contributed by atoms with Crippen LogP contribution in [0.25, 0.3) is 0 Å². The molecule has 1 saturated heterocycles. The van der Waals surface area contributed by atoms with Crippen LogP contribution in [0.4, 0.5) is 5.69 Å². The first-order chi connectivity index (χ1) is 20.7. The van der Waals surface area contributed by atoms with E-state index in [1.54, 1.807) is 19.2 Å². The number of aryl methyl sites for hydroxylation is 2. The van der Waals surface area contributed by atoms with Crippen molar-refractivity contribution in [3.05, 3.63) is 81.4 Å². The molecule has 0 spiro atoms. The fraction of sp³-hybridized carbons (Fsp3) is 0.394. The molecule has 228 valence electrons. The largest absolute Gasteiger partial charge is 0.481 e. The Balaban J connectivity index is 1.50. The lowest BCUT2D eigenvalue weighted by Crippen LogP contribution is -2.35. The molecule has 10 heteroatoms. The Morgan fingerprint density at radius 1 is 1.07 bits per heavy atom. The van der Waals surface area contributed by atoms with Crippen LogP contribution in [0.5, 0.6) is 17.2 Å². The summed E-state index contributed by atoms with van der Waals surface area (Å²) >= 11 is 6.34. The quantitative estimate of drug-likeness (QED) is 0.257. The molecular weight excluding hydrogens is 572 g/mol. The molecule has 1 fully saturated rings. The van der Waals surface area contributed by atoms with Gasteiger partial charge in [-0.3, -0.25) is 14.5 Å². The lowest BCUT2D eigenvalue weighted by atomic mass is 9.81. The third-order valence-corrected chi connectivity index (χ3v) is 8.53. The number of carbonyl (C=O) groups is 2. The van der Waals surface area contributed by atoms with Crippen LogP contribution in [0.3, 0.4) is 0 Å². The first-order valence-corrected chi connectivity index (χ1v) is 14.8. The van der Waals surface area contributed by atoms with Crippen molar-refractivity contribution in [2.75, 3.05) is 39.1 Å². The first-order valence-electron chi connectivity index (χ1n) is 14.4. The van der Waals surface area contributed by atoms with Gasteiger partial charge in [0.1, 0.15) is 5.75 Å². The minimum atomic E-state index is -0.936. The summed E-state index contributed by atoms with van der Waals surface area (Å²) in [6, 6.07) is 14.2. The van der Waals surface area contributed by atoms with Gasteiger partial charge in [-0.15, -0.1) is 0 Å². The van der Waals surface area contributed by atoms with E-state index in [1.165, 1.54) is 0 Å². The molecule has 0 aliphatic carbocycles. The second kappa shape index (κ2) is 13.2. The number of amides is 1. The van der Waals surface area contributed by atoms with Crippen molar-refractivity contribution in [3.63, 3.8) is 0 Å². The Bertz CT molecular complexity index is 1470. The zero-order valence-electron chi connectivity index (χ0n) is 24.8. The van der Waals surface area contributed by atoms with Gasteiger partial charge in [0.15, 0.2) is 18.3 Å². The van der Waals surface area contributed by atoms with Crippen molar-refractivity contribution in [2.45, 2.75) is 45.6 Å². The molecule has 3 aromatic carbocycles. The molecule has 0 bridgehead atoms. The molecule has 5 rings (SSSR count). The van der Waals surface area contributed by atoms with E-state index in [-0.39, 0.29) is 26.0 Å². The van der Waals surface area contributed by atoms with E-state index in [2.05, 4.69) is 5.32 Å². The number of aliphatic carboxylic acids is 1. The topological polar surface area (TPSA) is 107 Å². The van der Waals surface area contributed by atoms with Gasteiger partial charge in [0.05, 0.1) is 12.5 Å². The van der Waals surface area contributed by atoms with E-state index in [4.69, 9.17) is 30.5 Å². The number of hydrogen-bond acceptors (Lipinski definition) is 7. The Kier molecular flexibility index (Phi) is 9.44. The molecular formula is C33H37ClN2O7. The number of halogens is 1. The summed E-state index contributed by atoms with van der Waals surface area (Å²) in [5, 5.41) is 14.4. The second-order valence-electron chi connectivity index (χ2n) is 10.8. The number of methoxy groups -OCH3 is 1. The van der Waals surface area contributed by atoms with Crippen molar-refractivity contribution in [2.24, 2.45) is 5.92 Å². The lowest BCUT2D eigenvalue weighted by molar-refractivity contribution is -0.143. The monoisotopic (exact) mass is 608 g/mol. The third kappa shape index (κ3) is 6.30. The number of hydrogen-bond donors (Lipinski definition) is 2. The highest BCUT2D eigenvalue weighted by atomic mass is 35.5. The maximum absolute atomic E-state index is 13.7. The lowest BCUT2D eigenvalue weighted by Gasteiger charge is -2.27. The van der Waals surface area contributed by atoms with Crippen LogP contribution in [0.1, 0.15) is 53.6 Å². The SMILES string of the molecule is CCc1cc(Cl)cc(CC)c1NC(=O)CN1C[C@H](c2ccc3c(c2C)OCO3)C(C(=O)O)[C@@H]1c1ccc(OCOC)cc1. The summed E-state index contributed by atoms with van der Waals surface area (Å²) in [4.78, 5) is 28.6. The van der Waals surface area contributed by atoms with Crippen molar-refractivity contribution in [1.82, 2.24) is 4.90 Å². The van der Waals surface area contributed by atoms with Crippen molar-refractivity contribution < 1.29 is 33.6 Å². The molecule has 2 aliphatic rings. The molecule has 1 amide bonds. The minimum Gasteiger partial charge on any atom is -0.481 e. The molecule has 0 aromatic heterocycles. The van der Waals surface area contributed by atoms with Crippen LogP contribution in [0.15, 0.2) is 48.5 Å². The number of anilines is 1. The fourth-order valence-corrected chi connectivity index (χ4v) is 6.59. The van der Waals surface area contributed by atoms with E-state index >= 15 is 0 Å². The normalized spacial score (nSPS) is 19.4. The molecule has 3 aromatic rings. The smallest absolute Gasteiger partial charge is 0.309 e. The van der Waals surface area contributed by atoms with Gasteiger partial charge < -0.3 is 29.4 Å². The van der Waals surface area contributed by atoms with Crippen LogP contribution in [0.2, 0.25) is 5.02 Å². The van der Waals surface area contributed by atoms with Gasteiger partial charge in [0.25, 0.3) is 0 Å². The number of rotatable bonds is 11. The number of likely N-dealkylation sites (tertiary alicyclic amines) is 1. The molecule has 9 nitrogen and oxygen atoms in total. The average molecular weight is 609 g/mol. The maximum atomic E-state index is 13.7. The fourth-order valence-electron chi connectivity index (χ4n) is 6.33. The zero-order chi connectivity index (χ0) is 30.7. The molecule has 3 atom stereocenters. The molecule has 0 radical (unpaired) electrons. The summed E-state index contributed by atoms with van der Waals surface area (Å²) < 4.78 is 21.8. The van der Waals surface area contributed by atoms with E-state index < -0.39 is 23.8 Å². The second-order valence-corrected chi connectivity index (χ2v) is 11.3. The molecule has 0 saturated carbocycles. The van der Waals surface area contributed by atoms with E-state index in [1.807, 2.05) is 62.1 Å². The van der Waals surface area contributed by atoms with Gasteiger partial charge in [-0.25, -0.2) is 0 Å². The van der Waals surface area contributed by atoms with Crippen molar-refractivity contribution in [3.8, 4) is 17.2 Å². The number of carboxylic acid groups (broad SMARTS) is 1. The molecule has 2 aliphatic heterocycles. The summed E-state index contributed by atoms with van der Waals surface area (Å²) in [7, 11) is 1.54. The summed E-state index contributed by atoms with van der Waals surface area (Å²) in [5.74, 6) is -0.501. The number of carboxylic acids is 1. The highest BCUT2D eigenvalue weighted by molar-refractivity contribution is 6.30. The van der Waals surface area contributed by atoms with Crippen LogP contribution in [0, 0.1) is 12.8 Å². The van der Waals surface area contributed by atoms with Gasteiger partial charge >= 0.3 is 5.97 Å². The Hall–Kier alpha value is -3.79. The number of nitrogens with zero attached hydrogens (tertiary/aromatic N) is 1. The van der Waals surface area contributed by atoms with Crippen molar-refractivity contribution >= 4 is 29.2 Å². The molecule has 2 N–H and O–H groups in total. The summed E-state index contributed by atoms with van der Waals surface area (Å²) in [6.45, 7) is 6.56. The highest BCUT2D eigenvalue weighted by Crippen LogP contribution is 2.49. The average Bonchev–Trinajstić information content (AvgIpc) is 3.63. The number of fused-ring (bicyclic) bond motifs is 1. The van der Waals surface area contributed by atoms with Crippen molar-refractivity contribution in [1.29, 1.82) is 0 Å². The van der Waals surface area contributed by atoms with Crippen LogP contribution in [-0.4, -0.2) is 55.7 Å². The van der Waals surface area contributed by atoms with Crippen LogP contribution < -0.4 is 19.5 Å². The number of nitrogens with one attached hydrogen (secondary N) is 1. The number of benzene rings is 3. The number of carbonyl (C=O) groups excluding carboxylic acids is 1. The van der Waals surface area contributed by atoms with E-state index in [0.717, 1.165) is 33.5 Å². The predicted octanol–water partition coefficient (Wildman–Crippen LogP) is 5.96. The van der Waals surface area contributed by atoms with Gasteiger partial charge in [0.2, 0.25) is 12.7 Å². The molecule has 1 unspecified atom stereocenters. The standard InChI is InChI=1S/C33H37ClN2O7/c1-5-20-13-23(34)14-21(6-2)30(20)35-28(37)16-36-15-26(25-11-12-27-32(19(25)3)43-18-42-27)29(33(38)39)31(36)22-7-9-24(10-8-22)41-17-40-4/h7-14,26,29,31H,5-6,15-18H2,1-4H3,(H,35,37)(H,38,39)/t26-,29?,31+/m1/s1. The zero-order valence-corrected chi connectivity index (χ0v) is 25.6. The minimum absolute atomic E-state index is 0.00536. The van der Waals surface area contributed by atoms with Gasteiger partial charge in [-0.05, 0) is 77.9 Å². The van der Waals surface area contributed by atoms with E-state index in [9.17, 15) is 14.7 Å². The summed E-state index contributed by atoms with van der Waals surface area (Å²) in [5.41, 5.74) is 5.18. The van der Waals surface area contributed by atoms with Crippen LogP contribution >= 0.6 is 11.6 Å². The number of ether oxygens (including phenoxy) is 4. The maximum Gasteiger partial charge on any atom is 0.309 e. The van der Waals surface area contributed by atoms with Gasteiger partial charge in [-0.2, -0.15) is 0 Å². The van der Waals surface area contributed by atoms with Gasteiger partial charge in [-0.1, -0.05) is 43.6 Å². The third-order valence-electron chi connectivity index (χ3n) is 8.32. The first kappa shape index (κ1) is 30.7. The molecule has 2 heterocycles. The highest BCUT2D eigenvalue weighted by Gasteiger charge is 2.48. The van der Waals surface area contributed by atoms with Crippen LogP contribution in [-0.2, 0) is 27.2 Å². The Morgan fingerprint density at radius 2 is 1.77 bits per heavy atom. The Morgan fingerprint density at radius 3 is 2.40 bits per heavy atom. The Labute approximate surface area is 256 Å². The summed E-state index contributed by atoms with van der Waals surface area (Å²) in [6.07, 6.45) is 1.42. The molecule has 43 heavy (non-hydrogen) atoms. The van der Waals surface area contributed by atoms with E-state index in [0.29, 0.717) is 41.7 Å². The predicted molar refractivity (Wildman–Crippen MR) is 163 cm³/mol. The van der Waals surface area contributed by atoms with Gasteiger partial charge in [0, 0.05) is 36.3 Å².